The minimum Gasteiger partial charge on any atom is -0.388 e. The van der Waals surface area contributed by atoms with E-state index in [1.807, 2.05) is 30.3 Å². The molecular weight excluding hydrogens is 324 g/mol. The van der Waals surface area contributed by atoms with Crippen LogP contribution in [0.4, 0.5) is 0 Å². The number of hydrogen-bond acceptors (Lipinski definition) is 5. The third-order valence-corrected chi connectivity index (χ3v) is 5.25. The lowest BCUT2D eigenvalue weighted by atomic mass is 9.90. The summed E-state index contributed by atoms with van der Waals surface area (Å²) in [5, 5.41) is 15.9. The predicted molar refractivity (Wildman–Crippen MR) is 93.3 cm³/mol. The third kappa shape index (κ3) is 4.01. The molecule has 0 radical (unpaired) electrons. The van der Waals surface area contributed by atoms with Gasteiger partial charge in [0.25, 0.3) is 5.91 Å². The summed E-state index contributed by atoms with van der Waals surface area (Å²) in [6.45, 7) is 0. The summed E-state index contributed by atoms with van der Waals surface area (Å²) in [6, 6.07) is 9.78. The van der Waals surface area contributed by atoms with E-state index in [2.05, 4.69) is 10.3 Å². The van der Waals surface area contributed by atoms with E-state index in [0.717, 1.165) is 30.7 Å². The summed E-state index contributed by atoms with van der Waals surface area (Å²) in [7, 11) is 1.59. The maximum atomic E-state index is 12.4. The fourth-order valence-corrected chi connectivity index (χ4v) is 3.87. The van der Waals surface area contributed by atoms with Crippen molar-refractivity contribution < 1.29 is 14.6 Å². The van der Waals surface area contributed by atoms with E-state index in [1.54, 1.807) is 12.5 Å². The third-order valence-electron chi connectivity index (χ3n) is 4.40. The van der Waals surface area contributed by atoms with Gasteiger partial charge in [0.1, 0.15) is 11.8 Å². The number of aliphatic hydroxyl groups is 1. The van der Waals surface area contributed by atoms with Crippen LogP contribution in [-0.4, -0.2) is 41.4 Å². The Hall–Kier alpha value is -1.76. The Kier molecular flexibility index (Phi) is 5.60. The molecule has 6 heteroatoms. The molecule has 1 aromatic carbocycles. The zero-order chi connectivity index (χ0) is 16.9. The molecule has 0 unspecified atom stereocenters. The number of aromatic nitrogens is 1. The predicted octanol–water partition coefficient (Wildman–Crippen LogP) is 2.39. The lowest BCUT2D eigenvalue weighted by Crippen LogP contribution is -2.51. The van der Waals surface area contributed by atoms with Crippen LogP contribution in [0.2, 0.25) is 0 Å². The fourth-order valence-electron chi connectivity index (χ4n) is 3.06. The van der Waals surface area contributed by atoms with Crippen LogP contribution in [-0.2, 0) is 11.2 Å². The molecule has 5 nitrogen and oxygen atoms in total. The Morgan fingerprint density at radius 1 is 1.38 bits per heavy atom. The van der Waals surface area contributed by atoms with E-state index < -0.39 is 6.10 Å². The van der Waals surface area contributed by atoms with Crippen LogP contribution in [0.25, 0.3) is 0 Å². The number of nitrogens with zero attached hydrogens (tertiary/aromatic N) is 1. The van der Waals surface area contributed by atoms with Crippen molar-refractivity contribution in [1.82, 2.24) is 10.3 Å². The van der Waals surface area contributed by atoms with Crippen molar-refractivity contribution in [2.45, 2.75) is 43.9 Å². The number of carbonyl (C=O) groups is 1. The van der Waals surface area contributed by atoms with Gasteiger partial charge in [-0.2, -0.15) is 0 Å². The molecule has 1 heterocycles. The molecule has 1 amide bonds. The molecule has 0 bridgehead atoms. The summed E-state index contributed by atoms with van der Waals surface area (Å²) in [5.41, 5.74) is 1.59. The normalized spacial score (nSPS) is 23.8. The number of nitrogens with one attached hydrogen (secondary N) is 1. The van der Waals surface area contributed by atoms with E-state index in [9.17, 15) is 9.90 Å². The zero-order valence-electron chi connectivity index (χ0n) is 13.6. The second-order valence-electron chi connectivity index (χ2n) is 6.06. The summed E-state index contributed by atoms with van der Waals surface area (Å²) < 4.78 is 5.28. The van der Waals surface area contributed by atoms with Crippen molar-refractivity contribution in [2.24, 2.45) is 0 Å². The van der Waals surface area contributed by atoms with Gasteiger partial charge in [0.15, 0.2) is 0 Å². The number of benzene rings is 1. The van der Waals surface area contributed by atoms with Gasteiger partial charge in [-0.05, 0) is 24.8 Å². The summed E-state index contributed by atoms with van der Waals surface area (Å²) >= 11 is 1.48. The zero-order valence-corrected chi connectivity index (χ0v) is 14.5. The van der Waals surface area contributed by atoms with Gasteiger partial charge in [0, 0.05) is 18.9 Å². The average molecular weight is 346 g/mol. The first-order valence-corrected chi connectivity index (χ1v) is 9.05. The van der Waals surface area contributed by atoms with Gasteiger partial charge < -0.3 is 15.2 Å². The van der Waals surface area contributed by atoms with E-state index in [1.165, 1.54) is 16.9 Å². The van der Waals surface area contributed by atoms with Crippen LogP contribution in [0, 0.1) is 0 Å². The largest absolute Gasteiger partial charge is 0.388 e. The minimum absolute atomic E-state index is 0.215. The number of carbonyl (C=O) groups excluding carboxylic acids is 1. The van der Waals surface area contributed by atoms with Crippen molar-refractivity contribution >= 4 is 17.2 Å². The second-order valence-corrected chi connectivity index (χ2v) is 7.01. The monoisotopic (exact) mass is 346 g/mol. The second kappa shape index (κ2) is 7.88. The van der Waals surface area contributed by atoms with Gasteiger partial charge >= 0.3 is 0 Å². The van der Waals surface area contributed by atoms with Gasteiger partial charge in [-0.1, -0.05) is 30.3 Å². The number of ether oxygens (including phenoxy) is 1. The van der Waals surface area contributed by atoms with Crippen LogP contribution in [0.5, 0.6) is 0 Å². The summed E-state index contributed by atoms with van der Waals surface area (Å²) in [4.78, 5) is 16.8. The molecule has 1 fully saturated rings. The number of aliphatic hydroxyl groups excluding tert-OH is 1. The van der Waals surface area contributed by atoms with Crippen molar-refractivity contribution in [1.29, 1.82) is 0 Å². The van der Waals surface area contributed by atoms with Crippen molar-refractivity contribution in [3.05, 3.63) is 52.0 Å². The van der Waals surface area contributed by atoms with Crippen LogP contribution in [0.3, 0.4) is 0 Å². The highest BCUT2D eigenvalue weighted by Crippen LogP contribution is 2.22. The minimum atomic E-state index is -0.671. The van der Waals surface area contributed by atoms with Crippen LogP contribution < -0.4 is 5.32 Å². The van der Waals surface area contributed by atoms with Crippen LogP contribution in [0.1, 0.15) is 40.3 Å². The Morgan fingerprint density at radius 3 is 2.92 bits per heavy atom. The van der Waals surface area contributed by atoms with E-state index in [0.29, 0.717) is 5.69 Å². The molecule has 3 rings (SSSR count). The first-order valence-electron chi connectivity index (χ1n) is 8.17. The van der Waals surface area contributed by atoms with Gasteiger partial charge in [0.2, 0.25) is 0 Å². The van der Waals surface area contributed by atoms with E-state index in [4.69, 9.17) is 4.74 Å². The first kappa shape index (κ1) is 17.1. The highest BCUT2D eigenvalue weighted by atomic mass is 32.1. The molecular formula is C18H22N2O3S. The van der Waals surface area contributed by atoms with Crippen molar-refractivity contribution in [3.8, 4) is 0 Å². The van der Waals surface area contributed by atoms with E-state index in [-0.39, 0.29) is 18.1 Å². The maximum Gasteiger partial charge on any atom is 0.271 e. The molecule has 0 spiro atoms. The molecule has 1 saturated carbocycles. The Bertz CT molecular complexity index is 674. The Balaban J connectivity index is 1.61. The van der Waals surface area contributed by atoms with Crippen molar-refractivity contribution in [2.75, 3.05) is 7.11 Å². The fraction of sp³-hybridized carbons (Fsp3) is 0.444. The topological polar surface area (TPSA) is 71.5 Å². The number of methoxy groups -OCH3 is 1. The van der Waals surface area contributed by atoms with E-state index >= 15 is 0 Å². The lowest BCUT2D eigenvalue weighted by Gasteiger charge is -2.34. The summed E-state index contributed by atoms with van der Waals surface area (Å²) in [6.07, 6.45) is 2.34. The average Bonchev–Trinajstić information content (AvgIpc) is 3.06. The molecule has 1 aliphatic rings. The lowest BCUT2D eigenvalue weighted by molar-refractivity contribution is -0.0513. The van der Waals surface area contributed by atoms with Crippen LogP contribution in [0.15, 0.2) is 35.7 Å². The van der Waals surface area contributed by atoms with Crippen LogP contribution >= 0.6 is 11.3 Å². The van der Waals surface area contributed by atoms with Gasteiger partial charge in [0.05, 0.1) is 17.2 Å². The van der Waals surface area contributed by atoms with Gasteiger partial charge in [-0.3, -0.25) is 4.79 Å². The SMILES string of the molecule is CO[C@@H]1CCC[C@@H](NC(=O)c2csc(Cc3ccccc3)n2)[C@H]1O. The van der Waals surface area contributed by atoms with Gasteiger partial charge in [-0.15, -0.1) is 11.3 Å². The number of rotatable bonds is 5. The number of thiazole rings is 1. The summed E-state index contributed by atoms with van der Waals surface area (Å²) in [5.74, 6) is -0.230. The highest BCUT2D eigenvalue weighted by molar-refractivity contribution is 7.09. The molecule has 1 aromatic heterocycles. The molecule has 0 aliphatic heterocycles. The highest BCUT2D eigenvalue weighted by Gasteiger charge is 2.33. The Morgan fingerprint density at radius 2 is 2.17 bits per heavy atom. The molecule has 2 aromatic rings. The number of hydrogen-bond donors (Lipinski definition) is 2. The molecule has 1 aliphatic carbocycles. The number of amides is 1. The quantitative estimate of drug-likeness (QED) is 0.872. The first-order chi connectivity index (χ1) is 11.7. The smallest absolute Gasteiger partial charge is 0.271 e. The maximum absolute atomic E-state index is 12.4. The molecule has 24 heavy (non-hydrogen) atoms. The molecule has 3 atom stereocenters. The van der Waals surface area contributed by atoms with Gasteiger partial charge in [-0.25, -0.2) is 4.98 Å². The Labute approximate surface area is 145 Å². The molecule has 2 N–H and O–H groups in total. The standard InChI is InChI=1S/C18H22N2O3S/c1-23-15-9-5-8-13(17(15)21)20-18(22)14-11-24-16(19-14)10-12-6-3-2-4-7-12/h2-4,6-7,11,13,15,17,21H,5,8-10H2,1H3,(H,20,22)/t13-,15-,17-/m1/s1. The molecule has 0 saturated heterocycles. The van der Waals surface area contributed by atoms with Crippen molar-refractivity contribution in [3.63, 3.8) is 0 Å². The molecule has 128 valence electrons.